The lowest BCUT2D eigenvalue weighted by molar-refractivity contribution is -0.604. The zero-order valence-electron chi connectivity index (χ0n) is 20.0. The SMILES string of the molecule is CN1C[C@@H](F)C[C@@H]1CN(c1cnn(C)c1)S(=O)(=O)[NH+]([O-])C(=O)Nc1c2c(cc3c1CCC3)CCC2. The van der Waals surface area contributed by atoms with Gasteiger partial charge >= 0.3 is 16.2 Å². The van der Waals surface area contributed by atoms with Gasteiger partial charge in [-0.2, -0.15) is 18.0 Å². The number of hydrogen-bond donors (Lipinski definition) is 2. The van der Waals surface area contributed by atoms with Crippen LogP contribution in [0.25, 0.3) is 0 Å². The Kier molecular flexibility index (Phi) is 6.32. The van der Waals surface area contributed by atoms with Crippen LogP contribution in [0.1, 0.15) is 41.5 Å². The van der Waals surface area contributed by atoms with Gasteiger partial charge in [0, 0.05) is 25.8 Å². The summed E-state index contributed by atoms with van der Waals surface area (Å²) in [5.74, 6) is 0. The number of carbonyl (C=O) groups excluding carboxylic acids is 1. The van der Waals surface area contributed by atoms with Crippen molar-refractivity contribution in [2.24, 2.45) is 7.05 Å². The van der Waals surface area contributed by atoms with Crippen molar-refractivity contribution in [3.63, 3.8) is 0 Å². The van der Waals surface area contributed by atoms with Crippen LogP contribution in [0.15, 0.2) is 18.5 Å². The predicted molar refractivity (Wildman–Crippen MR) is 129 cm³/mol. The number of rotatable bonds is 6. The highest BCUT2D eigenvalue weighted by atomic mass is 32.2. The molecule has 10 nitrogen and oxygen atoms in total. The van der Waals surface area contributed by atoms with E-state index in [4.69, 9.17) is 0 Å². The van der Waals surface area contributed by atoms with Crippen LogP contribution in [0.5, 0.6) is 0 Å². The first kappa shape index (κ1) is 24.2. The maximum absolute atomic E-state index is 14.0. The average molecular weight is 507 g/mol. The molecule has 1 aromatic heterocycles. The summed E-state index contributed by atoms with van der Waals surface area (Å²) in [5.41, 5.74) is 5.12. The monoisotopic (exact) mass is 506 g/mol. The third kappa shape index (κ3) is 4.44. The number of hydroxylamine groups is 1. The first-order valence-electron chi connectivity index (χ1n) is 12.0. The highest BCUT2D eigenvalue weighted by molar-refractivity contribution is 7.86. The molecule has 2 aliphatic carbocycles. The Hall–Kier alpha value is -2.54. The number of urea groups is 1. The number of fused-ring (bicyclic) bond motifs is 2. The number of likely N-dealkylation sites (N-methyl/N-ethyl adjacent to an activating group) is 1. The highest BCUT2D eigenvalue weighted by Crippen LogP contribution is 2.38. The number of halogens is 1. The third-order valence-corrected chi connectivity index (χ3v) is 9.01. The summed E-state index contributed by atoms with van der Waals surface area (Å²) >= 11 is 0. The van der Waals surface area contributed by atoms with E-state index in [2.05, 4.69) is 16.5 Å². The molecule has 2 heterocycles. The van der Waals surface area contributed by atoms with E-state index in [1.807, 2.05) is 0 Å². The second kappa shape index (κ2) is 9.16. The standard InChI is InChI=1S/C23H31FN6O4S/c1-27-12-17(24)10-18(27)14-29(19-11-25-28(2)13-19)35(33,34)30(32)23(31)26-22-20-7-3-5-15(20)9-16-6-4-8-21(16)22/h9,11,13,17-18,30H,3-8,10,12,14H2,1-2H3,(H,26,31)/t17-,18+/m0/s1. The van der Waals surface area contributed by atoms with Gasteiger partial charge in [0.1, 0.15) is 6.17 Å². The van der Waals surface area contributed by atoms with Crippen LogP contribution >= 0.6 is 0 Å². The largest absolute Gasteiger partial charge is 0.608 e. The van der Waals surface area contributed by atoms with Crippen molar-refractivity contribution in [2.45, 2.75) is 57.2 Å². The number of carbonyl (C=O) groups is 1. The average Bonchev–Trinajstić information content (AvgIpc) is 3.59. The number of amides is 2. The maximum atomic E-state index is 14.0. The van der Waals surface area contributed by atoms with Crippen molar-refractivity contribution >= 4 is 27.6 Å². The summed E-state index contributed by atoms with van der Waals surface area (Å²) in [6.07, 6.45) is 7.19. The molecule has 2 amide bonds. The van der Waals surface area contributed by atoms with E-state index in [0.717, 1.165) is 54.0 Å². The van der Waals surface area contributed by atoms with Crippen molar-refractivity contribution in [3.05, 3.63) is 45.9 Å². The minimum Gasteiger partial charge on any atom is -0.608 e. The fourth-order valence-corrected chi connectivity index (χ4v) is 6.87. The molecule has 0 spiro atoms. The summed E-state index contributed by atoms with van der Waals surface area (Å²) in [6.45, 7) is 0.0321. The molecule has 2 aromatic rings. The van der Waals surface area contributed by atoms with Crippen LogP contribution < -0.4 is 14.1 Å². The maximum Gasteiger partial charge on any atom is 0.436 e. The van der Waals surface area contributed by atoms with Crippen molar-refractivity contribution in [1.29, 1.82) is 0 Å². The first-order chi connectivity index (χ1) is 16.6. The molecule has 0 bridgehead atoms. The molecule has 190 valence electrons. The Morgan fingerprint density at radius 1 is 1.23 bits per heavy atom. The van der Waals surface area contributed by atoms with Gasteiger partial charge in [0.05, 0.1) is 24.1 Å². The zero-order chi connectivity index (χ0) is 24.9. The van der Waals surface area contributed by atoms with Crippen LogP contribution in [0.2, 0.25) is 0 Å². The van der Waals surface area contributed by atoms with Gasteiger partial charge in [0.25, 0.3) is 0 Å². The van der Waals surface area contributed by atoms with Gasteiger partial charge in [-0.15, -0.1) is 0 Å². The van der Waals surface area contributed by atoms with Crippen molar-refractivity contribution in [1.82, 2.24) is 14.7 Å². The molecule has 1 saturated heterocycles. The molecule has 1 unspecified atom stereocenters. The highest BCUT2D eigenvalue weighted by Gasteiger charge is 2.40. The van der Waals surface area contributed by atoms with Crippen LogP contribution in [0, 0.1) is 5.21 Å². The second-order valence-electron chi connectivity index (χ2n) is 9.81. The van der Waals surface area contributed by atoms with Crippen LogP contribution in [-0.2, 0) is 42.9 Å². The number of aryl methyl sites for hydroxylation is 3. The van der Waals surface area contributed by atoms with E-state index in [-0.39, 0.29) is 25.2 Å². The number of benzene rings is 1. The Morgan fingerprint density at radius 2 is 1.89 bits per heavy atom. The van der Waals surface area contributed by atoms with E-state index in [1.54, 1.807) is 19.0 Å². The Bertz CT molecular complexity index is 1220. The number of quaternary nitrogens is 1. The van der Waals surface area contributed by atoms with E-state index in [1.165, 1.54) is 28.2 Å². The van der Waals surface area contributed by atoms with E-state index in [0.29, 0.717) is 5.69 Å². The van der Waals surface area contributed by atoms with Gasteiger partial charge < -0.3 is 5.21 Å². The normalized spacial score (nSPS) is 22.7. The summed E-state index contributed by atoms with van der Waals surface area (Å²) in [7, 11) is -1.40. The Morgan fingerprint density at radius 3 is 2.43 bits per heavy atom. The van der Waals surface area contributed by atoms with E-state index < -0.39 is 32.9 Å². The fraction of sp³-hybridized carbons (Fsp3) is 0.565. The second-order valence-corrected chi connectivity index (χ2v) is 11.6. The molecule has 0 saturated carbocycles. The lowest BCUT2D eigenvalue weighted by Gasteiger charge is -2.31. The smallest absolute Gasteiger partial charge is 0.436 e. The fourth-order valence-electron chi connectivity index (χ4n) is 5.64. The number of hydrogen-bond acceptors (Lipinski definition) is 6. The Balaban J connectivity index is 1.43. The topological polar surface area (TPSA) is 115 Å². The van der Waals surface area contributed by atoms with Crippen molar-refractivity contribution in [2.75, 3.05) is 29.8 Å². The van der Waals surface area contributed by atoms with E-state index in [9.17, 15) is 22.8 Å². The number of nitrogens with zero attached hydrogens (tertiary/aromatic N) is 4. The number of nitrogens with one attached hydrogen (secondary N) is 2. The molecular formula is C23H31FN6O4S. The van der Waals surface area contributed by atoms with E-state index >= 15 is 0 Å². The van der Waals surface area contributed by atoms with Crippen molar-refractivity contribution in [3.8, 4) is 0 Å². The van der Waals surface area contributed by atoms with Gasteiger partial charge in [-0.1, -0.05) is 6.07 Å². The molecule has 3 aliphatic rings. The zero-order valence-corrected chi connectivity index (χ0v) is 20.8. The molecule has 1 aromatic carbocycles. The number of aromatic nitrogens is 2. The molecule has 12 heteroatoms. The molecule has 2 N–H and O–H groups in total. The molecular weight excluding hydrogens is 475 g/mol. The van der Waals surface area contributed by atoms with Crippen LogP contribution in [0.4, 0.5) is 20.6 Å². The molecule has 0 radical (unpaired) electrons. The molecule has 35 heavy (non-hydrogen) atoms. The summed E-state index contributed by atoms with van der Waals surface area (Å²) < 4.78 is 41.7. The number of likely N-dealkylation sites (tertiary alicyclic amines) is 1. The van der Waals surface area contributed by atoms with Gasteiger partial charge in [0.15, 0.2) is 0 Å². The lowest BCUT2D eigenvalue weighted by Crippen LogP contribution is -3.14. The van der Waals surface area contributed by atoms with Crippen LogP contribution in [-0.4, -0.2) is 61.5 Å². The molecule has 5 rings (SSSR count). The minimum atomic E-state index is -4.74. The molecule has 3 atom stereocenters. The van der Waals surface area contributed by atoms with Crippen LogP contribution in [0.3, 0.4) is 0 Å². The predicted octanol–water partition coefficient (Wildman–Crippen LogP) is 1.11. The lowest BCUT2D eigenvalue weighted by atomic mass is 9.99. The van der Waals surface area contributed by atoms with Gasteiger partial charge in [-0.3, -0.25) is 14.9 Å². The first-order valence-corrected chi connectivity index (χ1v) is 13.5. The molecule has 1 aliphatic heterocycles. The minimum absolute atomic E-state index is 0.144. The summed E-state index contributed by atoms with van der Waals surface area (Å²) in [6, 6.07) is 0.590. The van der Waals surface area contributed by atoms with Gasteiger partial charge in [0.2, 0.25) is 0 Å². The number of alkyl halides is 1. The summed E-state index contributed by atoms with van der Waals surface area (Å²) in [5, 5.41) is 19.9. The number of anilines is 2. The Labute approximate surface area is 204 Å². The summed E-state index contributed by atoms with van der Waals surface area (Å²) in [4.78, 5) is 14.8. The molecule has 1 fully saturated rings. The quantitative estimate of drug-likeness (QED) is 0.567. The van der Waals surface area contributed by atoms with Gasteiger partial charge in [-0.25, -0.2) is 13.5 Å². The van der Waals surface area contributed by atoms with Gasteiger partial charge in [-0.05, 0) is 74.2 Å². The van der Waals surface area contributed by atoms with Crippen molar-refractivity contribution < 1.29 is 22.1 Å². The third-order valence-electron chi connectivity index (χ3n) is 7.41.